The zero-order chi connectivity index (χ0) is 8.85. The van der Waals surface area contributed by atoms with Gasteiger partial charge in [-0.05, 0) is 6.42 Å². The highest BCUT2D eigenvalue weighted by atomic mass is 16.1. The van der Waals surface area contributed by atoms with Crippen LogP contribution in [0.15, 0.2) is 0 Å². The fraction of sp³-hybridized carbons (Fsp3) is 0.750. The molecule has 0 aliphatic heterocycles. The molecule has 1 unspecified atom stereocenters. The van der Waals surface area contributed by atoms with Gasteiger partial charge in [0.05, 0.1) is 6.04 Å². The zero-order valence-electron chi connectivity index (χ0n) is 7.04. The van der Waals surface area contributed by atoms with Crippen LogP contribution >= 0.6 is 0 Å². The number of hydrogen-bond acceptors (Lipinski definition) is 3. The van der Waals surface area contributed by atoms with E-state index in [0.717, 1.165) is 6.29 Å². The molecule has 2 N–H and O–H groups in total. The summed E-state index contributed by atoms with van der Waals surface area (Å²) >= 11 is 0. The van der Waals surface area contributed by atoms with Crippen molar-refractivity contribution >= 4 is 12.1 Å². The summed E-state index contributed by atoms with van der Waals surface area (Å²) in [5.74, 6) is 0.00324. The molecule has 0 saturated heterocycles. The summed E-state index contributed by atoms with van der Waals surface area (Å²) in [7, 11) is 0. The minimum Gasteiger partial charge on any atom is -0.321 e. The first-order valence-electron chi connectivity index (χ1n) is 3.82. The van der Waals surface area contributed by atoms with Gasteiger partial charge in [-0.25, -0.2) is 0 Å². The minimum atomic E-state index is -0.458. The Labute approximate surface area is 67.0 Å². The van der Waals surface area contributed by atoms with Gasteiger partial charge in [0.25, 0.3) is 0 Å². The molecule has 0 aromatic carbocycles. The predicted octanol–water partition coefficient (Wildman–Crippen LogP) is 0.518. The Morgan fingerprint density at radius 2 is 2.09 bits per heavy atom. The van der Waals surface area contributed by atoms with E-state index in [1.807, 2.05) is 13.8 Å². The predicted molar refractivity (Wildman–Crippen MR) is 43.1 cm³/mol. The molecule has 0 heterocycles. The van der Waals surface area contributed by atoms with Crippen LogP contribution in [0.5, 0.6) is 0 Å². The first kappa shape index (κ1) is 10.3. The van der Waals surface area contributed by atoms with Gasteiger partial charge < -0.3 is 10.5 Å². The third kappa shape index (κ3) is 3.88. The van der Waals surface area contributed by atoms with Crippen molar-refractivity contribution in [3.8, 4) is 0 Å². The Kier molecular flexibility index (Phi) is 4.70. The number of aldehydes is 1. The molecule has 0 radical (unpaired) electrons. The van der Waals surface area contributed by atoms with E-state index < -0.39 is 6.04 Å². The second kappa shape index (κ2) is 5.02. The number of ketones is 1. The van der Waals surface area contributed by atoms with Crippen molar-refractivity contribution in [3.63, 3.8) is 0 Å². The highest BCUT2D eigenvalue weighted by Gasteiger charge is 2.15. The smallest absolute Gasteiger partial charge is 0.152 e. The van der Waals surface area contributed by atoms with E-state index in [1.165, 1.54) is 0 Å². The fourth-order valence-corrected chi connectivity index (χ4v) is 0.818. The van der Waals surface area contributed by atoms with Gasteiger partial charge in [-0.15, -0.1) is 0 Å². The third-order valence-corrected chi connectivity index (χ3v) is 1.53. The van der Waals surface area contributed by atoms with E-state index in [-0.39, 0.29) is 11.7 Å². The van der Waals surface area contributed by atoms with Crippen LogP contribution in [-0.2, 0) is 9.59 Å². The summed E-state index contributed by atoms with van der Waals surface area (Å²) in [5.41, 5.74) is 5.50. The van der Waals surface area contributed by atoms with Crippen molar-refractivity contribution in [2.24, 2.45) is 11.7 Å². The van der Waals surface area contributed by atoms with Crippen LogP contribution in [0.1, 0.15) is 26.7 Å². The van der Waals surface area contributed by atoms with E-state index >= 15 is 0 Å². The second-order valence-electron chi connectivity index (χ2n) is 2.91. The van der Waals surface area contributed by atoms with Crippen molar-refractivity contribution in [1.29, 1.82) is 0 Å². The molecule has 11 heavy (non-hydrogen) atoms. The Bertz CT molecular complexity index is 143. The van der Waals surface area contributed by atoms with E-state index in [0.29, 0.717) is 12.8 Å². The van der Waals surface area contributed by atoms with Crippen molar-refractivity contribution in [1.82, 2.24) is 0 Å². The Morgan fingerprint density at radius 3 is 2.45 bits per heavy atom. The lowest BCUT2D eigenvalue weighted by molar-refractivity contribution is -0.123. The summed E-state index contributed by atoms with van der Waals surface area (Å²) in [6.07, 6.45) is 1.63. The highest BCUT2D eigenvalue weighted by molar-refractivity contribution is 5.85. The maximum atomic E-state index is 11.1. The number of nitrogens with two attached hydrogens (primary N) is 1. The first-order chi connectivity index (χ1) is 5.09. The van der Waals surface area contributed by atoms with Crippen LogP contribution in [0.4, 0.5) is 0 Å². The summed E-state index contributed by atoms with van der Waals surface area (Å²) in [6.45, 7) is 3.62. The van der Waals surface area contributed by atoms with Gasteiger partial charge >= 0.3 is 0 Å². The molecule has 1 atom stereocenters. The number of rotatable bonds is 5. The molecule has 3 heteroatoms. The average molecular weight is 157 g/mol. The quantitative estimate of drug-likeness (QED) is 0.592. The summed E-state index contributed by atoms with van der Waals surface area (Å²) in [5, 5.41) is 0. The van der Waals surface area contributed by atoms with Gasteiger partial charge in [0.2, 0.25) is 0 Å². The number of Topliss-reactive ketones (excluding diaryl/α,β-unsaturated/α-hetero) is 1. The Hall–Kier alpha value is -0.700. The molecule has 0 aliphatic carbocycles. The van der Waals surface area contributed by atoms with Crippen LogP contribution in [0.3, 0.4) is 0 Å². The largest absolute Gasteiger partial charge is 0.321 e. The molecular formula is C8H15NO2. The van der Waals surface area contributed by atoms with Crippen LogP contribution in [0, 0.1) is 5.92 Å². The second-order valence-corrected chi connectivity index (χ2v) is 2.91. The first-order valence-corrected chi connectivity index (χ1v) is 3.82. The summed E-state index contributed by atoms with van der Waals surface area (Å²) < 4.78 is 0. The minimum absolute atomic E-state index is 0.0309. The lowest BCUT2D eigenvalue weighted by Crippen LogP contribution is -2.33. The van der Waals surface area contributed by atoms with E-state index in [1.54, 1.807) is 0 Å². The van der Waals surface area contributed by atoms with Gasteiger partial charge in [0.15, 0.2) is 5.78 Å². The Balaban J connectivity index is 3.73. The molecule has 0 fully saturated rings. The fourth-order valence-electron chi connectivity index (χ4n) is 0.818. The van der Waals surface area contributed by atoms with Crippen molar-refractivity contribution in [3.05, 3.63) is 0 Å². The van der Waals surface area contributed by atoms with Gasteiger partial charge in [-0.1, -0.05) is 13.8 Å². The Morgan fingerprint density at radius 1 is 1.55 bits per heavy atom. The van der Waals surface area contributed by atoms with Crippen molar-refractivity contribution in [2.75, 3.05) is 0 Å². The number of carbonyl (C=O) groups excluding carboxylic acids is 2. The van der Waals surface area contributed by atoms with Gasteiger partial charge in [0, 0.05) is 12.3 Å². The average Bonchev–Trinajstić information content (AvgIpc) is 1.98. The van der Waals surface area contributed by atoms with E-state index in [4.69, 9.17) is 5.73 Å². The molecule has 0 spiro atoms. The molecule has 0 aromatic heterocycles. The maximum Gasteiger partial charge on any atom is 0.152 e. The lowest BCUT2D eigenvalue weighted by atomic mass is 9.99. The topological polar surface area (TPSA) is 60.2 Å². The van der Waals surface area contributed by atoms with Crippen molar-refractivity contribution < 1.29 is 9.59 Å². The van der Waals surface area contributed by atoms with Crippen LogP contribution in [0.2, 0.25) is 0 Å². The van der Waals surface area contributed by atoms with Crippen LogP contribution in [-0.4, -0.2) is 18.1 Å². The molecule has 0 aromatic rings. The lowest BCUT2D eigenvalue weighted by Gasteiger charge is -2.10. The SMILES string of the molecule is CC(C)C(=O)C(N)CCC=O. The molecule has 0 aliphatic rings. The number of hydrogen-bond donors (Lipinski definition) is 1. The molecular weight excluding hydrogens is 142 g/mol. The van der Waals surface area contributed by atoms with Crippen LogP contribution in [0.25, 0.3) is 0 Å². The van der Waals surface area contributed by atoms with E-state index in [2.05, 4.69) is 0 Å². The normalized spacial score (nSPS) is 13.1. The van der Waals surface area contributed by atoms with Crippen LogP contribution < -0.4 is 5.73 Å². The monoisotopic (exact) mass is 157 g/mol. The molecule has 0 saturated carbocycles. The molecule has 64 valence electrons. The van der Waals surface area contributed by atoms with Crippen molar-refractivity contribution in [2.45, 2.75) is 32.7 Å². The number of carbonyl (C=O) groups is 2. The molecule has 3 nitrogen and oxygen atoms in total. The maximum absolute atomic E-state index is 11.1. The van der Waals surface area contributed by atoms with E-state index in [9.17, 15) is 9.59 Å². The third-order valence-electron chi connectivity index (χ3n) is 1.53. The standard InChI is InChI=1S/C8H15NO2/c1-6(2)8(11)7(9)4-3-5-10/h5-7H,3-4,9H2,1-2H3. The molecule has 0 bridgehead atoms. The van der Waals surface area contributed by atoms with Gasteiger partial charge in [0.1, 0.15) is 6.29 Å². The van der Waals surface area contributed by atoms with Gasteiger partial charge in [-0.2, -0.15) is 0 Å². The molecule has 0 rings (SSSR count). The zero-order valence-corrected chi connectivity index (χ0v) is 7.04. The molecule has 0 amide bonds. The highest BCUT2D eigenvalue weighted by Crippen LogP contribution is 2.02. The summed E-state index contributed by atoms with van der Waals surface area (Å²) in [6, 6.07) is -0.458. The summed E-state index contributed by atoms with van der Waals surface area (Å²) in [4.78, 5) is 21.0. The van der Waals surface area contributed by atoms with Gasteiger partial charge in [-0.3, -0.25) is 4.79 Å².